The van der Waals surface area contributed by atoms with E-state index in [9.17, 15) is 0 Å². The highest BCUT2D eigenvalue weighted by atomic mass is 15.0. The van der Waals surface area contributed by atoms with E-state index in [0.29, 0.717) is 11.5 Å². The number of piperidine rings is 1. The van der Waals surface area contributed by atoms with Crippen LogP contribution in [0.1, 0.15) is 58.8 Å². The van der Waals surface area contributed by atoms with Gasteiger partial charge in [0.15, 0.2) is 0 Å². The summed E-state index contributed by atoms with van der Waals surface area (Å²) >= 11 is 0. The summed E-state index contributed by atoms with van der Waals surface area (Å²) in [6, 6.07) is 0.707. The molecule has 0 aromatic heterocycles. The van der Waals surface area contributed by atoms with E-state index in [4.69, 9.17) is 0 Å². The van der Waals surface area contributed by atoms with Crippen LogP contribution >= 0.6 is 0 Å². The Labute approximate surface area is 107 Å². The maximum Gasteiger partial charge on any atom is 0.0218 e. The van der Waals surface area contributed by atoms with Crippen molar-refractivity contribution in [1.82, 2.24) is 10.6 Å². The van der Waals surface area contributed by atoms with Gasteiger partial charge >= 0.3 is 0 Å². The molecule has 100 valence electrons. The average Bonchev–Trinajstić information content (AvgIpc) is 2.81. The summed E-state index contributed by atoms with van der Waals surface area (Å²) in [5, 5.41) is 7.42. The van der Waals surface area contributed by atoms with E-state index in [-0.39, 0.29) is 0 Å². The summed E-state index contributed by atoms with van der Waals surface area (Å²) < 4.78 is 0. The lowest BCUT2D eigenvalue weighted by molar-refractivity contribution is 0.242. The van der Waals surface area contributed by atoms with Gasteiger partial charge in [-0.15, -0.1) is 0 Å². The molecular formula is C15H30N2. The molecule has 1 aliphatic heterocycles. The number of nitrogens with one attached hydrogen (secondary N) is 2. The molecule has 1 aliphatic carbocycles. The Balaban J connectivity index is 1.71. The third-order valence-electron chi connectivity index (χ3n) is 5.21. The van der Waals surface area contributed by atoms with E-state index < -0.39 is 0 Å². The molecule has 0 aromatic carbocycles. The molecule has 1 saturated carbocycles. The molecule has 0 radical (unpaired) electrons. The molecule has 2 aliphatic rings. The Morgan fingerprint density at radius 3 is 2.65 bits per heavy atom. The molecule has 0 aromatic rings. The van der Waals surface area contributed by atoms with Crippen molar-refractivity contribution in [3.8, 4) is 0 Å². The first-order valence-corrected chi connectivity index (χ1v) is 7.70. The van der Waals surface area contributed by atoms with Crippen molar-refractivity contribution in [2.24, 2.45) is 11.3 Å². The van der Waals surface area contributed by atoms with Crippen LogP contribution in [-0.2, 0) is 0 Å². The maximum atomic E-state index is 3.76. The summed E-state index contributed by atoms with van der Waals surface area (Å²) in [5.74, 6) is 0.845. The summed E-state index contributed by atoms with van der Waals surface area (Å²) in [7, 11) is 0. The molecule has 1 saturated heterocycles. The molecule has 17 heavy (non-hydrogen) atoms. The van der Waals surface area contributed by atoms with Gasteiger partial charge in [0, 0.05) is 19.1 Å². The molecule has 2 heteroatoms. The normalized spacial score (nSPS) is 32.8. The predicted octanol–water partition coefficient (Wildman–Crippen LogP) is 2.93. The first-order chi connectivity index (χ1) is 8.26. The zero-order valence-electron chi connectivity index (χ0n) is 11.7. The Kier molecular flexibility index (Phi) is 4.87. The Bertz CT molecular complexity index is 221. The second-order valence-corrected chi connectivity index (χ2v) is 6.37. The summed E-state index contributed by atoms with van der Waals surface area (Å²) in [4.78, 5) is 0. The van der Waals surface area contributed by atoms with Crippen LogP contribution in [0, 0.1) is 11.3 Å². The van der Waals surface area contributed by atoms with Gasteiger partial charge in [0.2, 0.25) is 0 Å². The number of hydrogen-bond donors (Lipinski definition) is 2. The van der Waals surface area contributed by atoms with Crippen molar-refractivity contribution in [3.05, 3.63) is 0 Å². The lowest BCUT2D eigenvalue weighted by Gasteiger charge is -2.33. The van der Waals surface area contributed by atoms with E-state index in [2.05, 4.69) is 24.5 Å². The third kappa shape index (κ3) is 3.45. The second kappa shape index (κ2) is 6.19. The van der Waals surface area contributed by atoms with Gasteiger partial charge in [-0.2, -0.15) is 0 Å². The van der Waals surface area contributed by atoms with Crippen LogP contribution in [0.3, 0.4) is 0 Å². The van der Waals surface area contributed by atoms with Crippen molar-refractivity contribution >= 4 is 0 Å². The first kappa shape index (κ1) is 13.4. The highest BCUT2D eigenvalue weighted by molar-refractivity contribution is 4.87. The summed E-state index contributed by atoms with van der Waals surface area (Å²) in [6.07, 6.45) is 9.91. The van der Waals surface area contributed by atoms with Gasteiger partial charge in [-0.05, 0) is 50.0 Å². The van der Waals surface area contributed by atoms with E-state index in [1.165, 1.54) is 64.6 Å². The zero-order valence-corrected chi connectivity index (χ0v) is 11.7. The van der Waals surface area contributed by atoms with E-state index >= 15 is 0 Å². The first-order valence-electron chi connectivity index (χ1n) is 7.70. The van der Waals surface area contributed by atoms with Crippen molar-refractivity contribution in [2.75, 3.05) is 19.6 Å². The Morgan fingerprint density at radius 1 is 1.24 bits per heavy atom. The molecular weight excluding hydrogens is 208 g/mol. The molecule has 2 nitrogen and oxygen atoms in total. The molecule has 2 atom stereocenters. The van der Waals surface area contributed by atoms with Crippen LogP contribution in [0.25, 0.3) is 0 Å². The molecule has 2 rings (SSSR count). The van der Waals surface area contributed by atoms with Gasteiger partial charge in [0.05, 0.1) is 0 Å². The lowest BCUT2D eigenvalue weighted by atomic mass is 9.83. The van der Waals surface area contributed by atoms with Crippen LogP contribution < -0.4 is 10.6 Å². The van der Waals surface area contributed by atoms with Gasteiger partial charge in [-0.1, -0.05) is 26.7 Å². The van der Waals surface area contributed by atoms with Crippen LogP contribution in [0.15, 0.2) is 0 Å². The topological polar surface area (TPSA) is 24.1 Å². The minimum absolute atomic E-state index is 0.637. The van der Waals surface area contributed by atoms with Gasteiger partial charge in [0.1, 0.15) is 0 Å². The van der Waals surface area contributed by atoms with Gasteiger partial charge in [-0.25, -0.2) is 0 Å². The Hall–Kier alpha value is -0.0800. The van der Waals surface area contributed by atoms with Gasteiger partial charge in [-0.3, -0.25) is 0 Å². The molecule has 2 fully saturated rings. The van der Waals surface area contributed by atoms with Crippen LogP contribution in [0.5, 0.6) is 0 Å². The van der Waals surface area contributed by atoms with E-state index in [1.807, 2.05) is 0 Å². The van der Waals surface area contributed by atoms with Crippen molar-refractivity contribution in [1.29, 1.82) is 0 Å². The predicted molar refractivity (Wildman–Crippen MR) is 74.3 cm³/mol. The minimum Gasteiger partial charge on any atom is -0.315 e. The lowest BCUT2D eigenvalue weighted by Crippen LogP contribution is -2.48. The third-order valence-corrected chi connectivity index (χ3v) is 5.21. The van der Waals surface area contributed by atoms with Crippen LogP contribution in [-0.4, -0.2) is 25.7 Å². The molecule has 2 N–H and O–H groups in total. The molecule has 0 bridgehead atoms. The summed E-state index contributed by atoms with van der Waals surface area (Å²) in [5.41, 5.74) is 0.637. The van der Waals surface area contributed by atoms with E-state index in [1.54, 1.807) is 0 Å². The van der Waals surface area contributed by atoms with E-state index in [0.717, 1.165) is 5.92 Å². The fourth-order valence-corrected chi connectivity index (χ4v) is 3.66. The fourth-order valence-electron chi connectivity index (χ4n) is 3.66. The molecule has 0 amide bonds. The minimum atomic E-state index is 0.637. The number of hydrogen-bond acceptors (Lipinski definition) is 2. The van der Waals surface area contributed by atoms with Crippen LogP contribution in [0.2, 0.25) is 0 Å². The second-order valence-electron chi connectivity index (χ2n) is 6.37. The van der Waals surface area contributed by atoms with Crippen molar-refractivity contribution < 1.29 is 0 Å². The monoisotopic (exact) mass is 238 g/mol. The fraction of sp³-hybridized carbons (Fsp3) is 1.00. The highest BCUT2D eigenvalue weighted by Gasteiger charge is 2.31. The molecule has 0 spiro atoms. The molecule has 1 heterocycles. The van der Waals surface area contributed by atoms with Gasteiger partial charge in [0.25, 0.3) is 0 Å². The largest absolute Gasteiger partial charge is 0.315 e. The maximum absolute atomic E-state index is 3.76. The Morgan fingerprint density at radius 2 is 2.00 bits per heavy atom. The zero-order chi connectivity index (χ0) is 12.1. The number of rotatable bonds is 5. The SMILES string of the molecule is CCC1(CNCC2NCCCC2C)CCCC1. The van der Waals surface area contributed by atoms with Gasteiger partial charge < -0.3 is 10.6 Å². The standard InChI is InChI=1S/C15H30N2/c1-3-15(8-4-5-9-15)12-16-11-14-13(2)7-6-10-17-14/h13-14,16-17H,3-12H2,1-2H3. The van der Waals surface area contributed by atoms with Crippen LogP contribution in [0.4, 0.5) is 0 Å². The summed E-state index contributed by atoms with van der Waals surface area (Å²) in [6.45, 7) is 8.39. The molecule has 2 unspecified atom stereocenters. The highest BCUT2D eigenvalue weighted by Crippen LogP contribution is 2.40. The average molecular weight is 238 g/mol. The quantitative estimate of drug-likeness (QED) is 0.769. The van der Waals surface area contributed by atoms with Crippen molar-refractivity contribution in [2.45, 2.75) is 64.8 Å². The smallest absolute Gasteiger partial charge is 0.0218 e. The van der Waals surface area contributed by atoms with Crippen molar-refractivity contribution in [3.63, 3.8) is 0 Å².